The number of thioether (sulfide) groups is 1. The van der Waals surface area contributed by atoms with Gasteiger partial charge in [-0.1, -0.05) is 12.1 Å². The first-order valence-corrected chi connectivity index (χ1v) is 11.6. The molecular formula is C21H17F2N3O4S2. The third kappa shape index (κ3) is 6.28. The number of halogens is 2. The van der Waals surface area contributed by atoms with E-state index >= 15 is 0 Å². The predicted octanol–water partition coefficient (Wildman–Crippen LogP) is 3.32. The zero-order valence-corrected chi connectivity index (χ0v) is 18.0. The highest BCUT2D eigenvalue weighted by Gasteiger charge is 2.16. The van der Waals surface area contributed by atoms with Crippen molar-refractivity contribution in [3.8, 4) is 0 Å². The number of rotatable bonds is 7. The summed E-state index contributed by atoms with van der Waals surface area (Å²) in [5, 5.41) is 0. The fourth-order valence-corrected chi connectivity index (χ4v) is 4.26. The molecule has 0 heterocycles. The normalized spacial score (nSPS) is 10.9. The SMILES string of the molecule is O=C(CSc1ccccc1F)NNC(=O)c1ccc(S(=O)(=O)Nc2ccc(F)cc2)cc1. The first kappa shape index (κ1) is 23.2. The molecule has 11 heteroatoms. The van der Waals surface area contributed by atoms with Gasteiger partial charge < -0.3 is 0 Å². The van der Waals surface area contributed by atoms with Gasteiger partial charge in [0.1, 0.15) is 11.6 Å². The Morgan fingerprint density at radius 2 is 1.50 bits per heavy atom. The maximum absolute atomic E-state index is 13.5. The number of benzene rings is 3. The number of anilines is 1. The average molecular weight is 478 g/mol. The zero-order chi connectivity index (χ0) is 23.1. The second-order valence-electron chi connectivity index (χ2n) is 6.36. The van der Waals surface area contributed by atoms with Crippen molar-refractivity contribution in [2.45, 2.75) is 9.79 Å². The lowest BCUT2D eigenvalue weighted by Crippen LogP contribution is -2.42. The van der Waals surface area contributed by atoms with E-state index in [0.717, 1.165) is 23.9 Å². The monoisotopic (exact) mass is 477 g/mol. The van der Waals surface area contributed by atoms with Gasteiger partial charge in [0, 0.05) is 16.1 Å². The first-order valence-electron chi connectivity index (χ1n) is 9.09. The van der Waals surface area contributed by atoms with Gasteiger partial charge in [-0.05, 0) is 60.7 Å². The summed E-state index contributed by atoms with van der Waals surface area (Å²) in [4.78, 5) is 24.2. The predicted molar refractivity (Wildman–Crippen MR) is 116 cm³/mol. The van der Waals surface area contributed by atoms with E-state index in [0.29, 0.717) is 4.90 Å². The summed E-state index contributed by atoms with van der Waals surface area (Å²) in [7, 11) is -3.94. The average Bonchev–Trinajstić information content (AvgIpc) is 2.78. The highest BCUT2D eigenvalue weighted by molar-refractivity contribution is 8.00. The Morgan fingerprint density at radius 1 is 0.844 bits per heavy atom. The standard InChI is InChI=1S/C21H17F2N3O4S2/c22-15-7-9-16(10-8-15)26-32(29,30)17-11-5-14(6-12-17)21(28)25-24-20(27)13-31-19-4-2-1-3-18(19)23/h1-12,26H,13H2,(H,24,27)(H,25,28). The molecule has 3 rings (SSSR count). The lowest BCUT2D eigenvalue weighted by Gasteiger charge is -2.10. The third-order valence-electron chi connectivity index (χ3n) is 4.03. The van der Waals surface area contributed by atoms with Gasteiger partial charge in [-0.25, -0.2) is 17.2 Å². The molecule has 0 bridgehead atoms. The van der Waals surface area contributed by atoms with Crippen molar-refractivity contribution >= 4 is 39.3 Å². The third-order valence-corrected chi connectivity index (χ3v) is 6.48. The van der Waals surface area contributed by atoms with Crippen LogP contribution in [0.2, 0.25) is 0 Å². The molecular weight excluding hydrogens is 460 g/mol. The van der Waals surface area contributed by atoms with E-state index in [9.17, 15) is 26.8 Å². The highest BCUT2D eigenvalue weighted by atomic mass is 32.2. The molecule has 166 valence electrons. The van der Waals surface area contributed by atoms with Crippen LogP contribution in [-0.4, -0.2) is 26.0 Å². The van der Waals surface area contributed by atoms with Gasteiger partial charge in [-0.3, -0.25) is 25.2 Å². The summed E-state index contributed by atoms with van der Waals surface area (Å²) in [5.41, 5.74) is 4.71. The van der Waals surface area contributed by atoms with Crippen LogP contribution in [0.3, 0.4) is 0 Å². The molecule has 3 aromatic rings. The van der Waals surface area contributed by atoms with Crippen LogP contribution >= 0.6 is 11.8 Å². The Morgan fingerprint density at radius 3 is 2.16 bits per heavy atom. The Kier molecular flexibility index (Phi) is 7.44. The minimum atomic E-state index is -3.94. The second kappa shape index (κ2) is 10.2. The molecule has 3 N–H and O–H groups in total. The number of carbonyl (C=O) groups excluding carboxylic acids is 2. The largest absolute Gasteiger partial charge is 0.280 e. The van der Waals surface area contributed by atoms with Crippen LogP contribution in [0, 0.1) is 11.6 Å². The number of amides is 2. The summed E-state index contributed by atoms with van der Waals surface area (Å²) >= 11 is 0.976. The topological polar surface area (TPSA) is 104 Å². The summed E-state index contributed by atoms with van der Waals surface area (Å²) in [6.07, 6.45) is 0. The van der Waals surface area contributed by atoms with Crippen LogP contribution in [-0.2, 0) is 14.8 Å². The quantitative estimate of drug-likeness (QED) is 0.358. The fraction of sp³-hybridized carbons (Fsp3) is 0.0476. The Balaban J connectivity index is 1.53. The molecule has 0 radical (unpaired) electrons. The van der Waals surface area contributed by atoms with E-state index in [1.54, 1.807) is 6.07 Å². The highest BCUT2D eigenvalue weighted by Crippen LogP contribution is 2.20. The van der Waals surface area contributed by atoms with E-state index in [1.165, 1.54) is 54.6 Å². The van der Waals surface area contributed by atoms with Gasteiger partial charge in [0.25, 0.3) is 15.9 Å². The molecule has 0 saturated heterocycles. The number of carbonyl (C=O) groups is 2. The lowest BCUT2D eigenvalue weighted by atomic mass is 10.2. The molecule has 3 aromatic carbocycles. The molecule has 0 saturated carbocycles. The summed E-state index contributed by atoms with van der Waals surface area (Å²) in [6, 6.07) is 15.8. The molecule has 0 unspecified atom stereocenters. The van der Waals surface area contributed by atoms with Crippen LogP contribution < -0.4 is 15.6 Å². The molecule has 0 aliphatic rings. The van der Waals surface area contributed by atoms with Gasteiger partial charge >= 0.3 is 0 Å². The number of hydrogen-bond acceptors (Lipinski definition) is 5. The van der Waals surface area contributed by atoms with Gasteiger partial charge in [0.15, 0.2) is 0 Å². The van der Waals surface area contributed by atoms with Crippen LogP contribution in [0.5, 0.6) is 0 Å². The maximum Gasteiger partial charge on any atom is 0.269 e. The number of hydrazine groups is 1. The van der Waals surface area contributed by atoms with Crippen molar-refractivity contribution in [3.05, 3.63) is 90.0 Å². The van der Waals surface area contributed by atoms with E-state index < -0.39 is 33.5 Å². The van der Waals surface area contributed by atoms with Crippen LogP contribution in [0.25, 0.3) is 0 Å². The van der Waals surface area contributed by atoms with Crippen molar-refractivity contribution < 1.29 is 26.8 Å². The maximum atomic E-state index is 13.5. The second-order valence-corrected chi connectivity index (χ2v) is 9.06. The number of hydrogen-bond donors (Lipinski definition) is 3. The van der Waals surface area contributed by atoms with Crippen LogP contribution in [0.15, 0.2) is 82.6 Å². The van der Waals surface area contributed by atoms with Crippen molar-refractivity contribution in [1.29, 1.82) is 0 Å². The summed E-state index contributed by atoms with van der Waals surface area (Å²) in [5.74, 6) is -2.27. The van der Waals surface area contributed by atoms with Crippen molar-refractivity contribution in [1.82, 2.24) is 10.9 Å². The minimum Gasteiger partial charge on any atom is -0.280 e. The van der Waals surface area contributed by atoms with Crippen molar-refractivity contribution in [2.24, 2.45) is 0 Å². The summed E-state index contributed by atoms with van der Waals surface area (Å²) < 4.78 is 53.6. The summed E-state index contributed by atoms with van der Waals surface area (Å²) in [6.45, 7) is 0. The molecule has 0 aliphatic carbocycles. The van der Waals surface area contributed by atoms with Gasteiger partial charge in [-0.15, -0.1) is 11.8 Å². The van der Waals surface area contributed by atoms with Crippen LogP contribution in [0.4, 0.5) is 14.5 Å². The molecule has 0 aromatic heterocycles. The minimum absolute atomic E-state index is 0.104. The van der Waals surface area contributed by atoms with Crippen molar-refractivity contribution in [2.75, 3.05) is 10.5 Å². The Hall–Kier alpha value is -3.44. The van der Waals surface area contributed by atoms with Gasteiger partial charge in [0.05, 0.1) is 10.6 Å². The Bertz CT molecular complexity index is 1220. The molecule has 0 fully saturated rings. The van der Waals surface area contributed by atoms with E-state index in [4.69, 9.17) is 0 Å². The smallest absolute Gasteiger partial charge is 0.269 e. The molecule has 0 spiro atoms. The van der Waals surface area contributed by atoms with Gasteiger partial charge in [0.2, 0.25) is 5.91 Å². The van der Waals surface area contributed by atoms with Crippen LogP contribution in [0.1, 0.15) is 10.4 Å². The lowest BCUT2D eigenvalue weighted by molar-refractivity contribution is -0.119. The van der Waals surface area contributed by atoms with E-state index in [1.807, 2.05) is 0 Å². The van der Waals surface area contributed by atoms with Crippen molar-refractivity contribution in [3.63, 3.8) is 0 Å². The molecule has 0 atom stereocenters. The van der Waals surface area contributed by atoms with Gasteiger partial charge in [-0.2, -0.15) is 0 Å². The number of nitrogens with one attached hydrogen (secondary N) is 3. The molecule has 7 nitrogen and oxygen atoms in total. The number of sulfonamides is 1. The molecule has 2 amide bonds. The zero-order valence-electron chi connectivity index (χ0n) is 16.3. The van der Waals surface area contributed by atoms with E-state index in [-0.39, 0.29) is 21.9 Å². The molecule has 32 heavy (non-hydrogen) atoms. The fourth-order valence-electron chi connectivity index (χ4n) is 2.46. The molecule has 0 aliphatic heterocycles. The van der Waals surface area contributed by atoms with E-state index in [2.05, 4.69) is 15.6 Å². The Labute approximate surface area is 187 Å². The first-order chi connectivity index (χ1) is 15.2.